The Morgan fingerprint density at radius 1 is 1.45 bits per heavy atom. The molecule has 1 saturated heterocycles. The maximum Gasteiger partial charge on any atom is 0.225 e. The lowest BCUT2D eigenvalue weighted by molar-refractivity contribution is -0.125. The van der Waals surface area contributed by atoms with E-state index in [0.717, 1.165) is 30.1 Å². The molecule has 0 spiro atoms. The van der Waals surface area contributed by atoms with Gasteiger partial charge in [0, 0.05) is 30.9 Å². The van der Waals surface area contributed by atoms with Crippen molar-refractivity contribution < 1.29 is 4.79 Å². The van der Waals surface area contributed by atoms with Gasteiger partial charge in [0.05, 0.1) is 23.2 Å². The van der Waals surface area contributed by atoms with Crippen LogP contribution in [0.3, 0.4) is 0 Å². The van der Waals surface area contributed by atoms with Crippen LogP contribution in [0, 0.1) is 12.8 Å². The first-order valence-electron chi connectivity index (χ1n) is 7.43. The second-order valence-corrected chi connectivity index (χ2v) is 6.47. The number of hydrogen-bond acceptors (Lipinski definition) is 6. The molecular weight excluding hydrogens is 298 g/mol. The molecule has 3 rings (SSSR count). The quantitative estimate of drug-likeness (QED) is 0.930. The fourth-order valence-electron chi connectivity index (χ4n) is 2.64. The average molecular weight is 317 g/mol. The zero-order chi connectivity index (χ0) is 15.4. The number of carbonyl (C=O) groups excluding carboxylic acids is 1. The Kier molecular flexibility index (Phi) is 4.62. The number of aromatic nitrogens is 3. The highest BCUT2D eigenvalue weighted by Crippen LogP contribution is 2.20. The van der Waals surface area contributed by atoms with Gasteiger partial charge in [0.2, 0.25) is 11.9 Å². The highest BCUT2D eigenvalue weighted by molar-refractivity contribution is 7.09. The highest BCUT2D eigenvalue weighted by Gasteiger charge is 2.26. The number of carbonyl (C=O) groups is 1. The van der Waals surface area contributed by atoms with Crippen molar-refractivity contribution in [1.82, 2.24) is 20.3 Å². The van der Waals surface area contributed by atoms with Crippen molar-refractivity contribution in [2.45, 2.75) is 26.3 Å². The Morgan fingerprint density at radius 3 is 3.00 bits per heavy atom. The summed E-state index contributed by atoms with van der Waals surface area (Å²) in [7, 11) is 0. The summed E-state index contributed by atoms with van der Waals surface area (Å²) in [5, 5.41) is 6.00. The Labute approximate surface area is 133 Å². The van der Waals surface area contributed by atoms with Gasteiger partial charge in [-0.15, -0.1) is 11.3 Å². The molecule has 2 aromatic rings. The van der Waals surface area contributed by atoms with Gasteiger partial charge in [0.1, 0.15) is 0 Å². The summed E-state index contributed by atoms with van der Waals surface area (Å²) in [6, 6.07) is 1.80. The van der Waals surface area contributed by atoms with Crippen molar-refractivity contribution in [3.8, 4) is 0 Å². The van der Waals surface area contributed by atoms with E-state index >= 15 is 0 Å². The zero-order valence-corrected chi connectivity index (χ0v) is 13.3. The summed E-state index contributed by atoms with van der Waals surface area (Å²) in [5.74, 6) is 0.777. The van der Waals surface area contributed by atoms with Crippen molar-refractivity contribution >= 4 is 23.2 Å². The smallest absolute Gasteiger partial charge is 0.225 e. The van der Waals surface area contributed by atoms with Crippen LogP contribution in [0.1, 0.15) is 23.5 Å². The van der Waals surface area contributed by atoms with Crippen molar-refractivity contribution in [2.75, 3.05) is 18.0 Å². The van der Waals surface area contributed by atoms with Crippen molar-refractivity contribution in [3.05, 3.63) is 34.5 Å². The molecule has 1 N–H and O–H groups in total. The van der Waals surface area contributed by atoms with Crippen LogP contribution >= 0.6 is 11.3 Å². The highest BCUT2D eigenvalue weighted by atomic mass is 32.1. The molecule has 3 heterocycles. The lowest BCUT2D eigenvalue weighted by Crippen LogP contribution is -2.43. The normalized spacial score (nSPS) is 18.2. The minimum absolute atomic E-state index is 0.0164. The van der Waals surface area contributed by atoms with E-state index in [0.29, 0.717) is 19.0 Å². The second kappa shape index (κ2) is 6.83. The van der Waals surface area contributed by atoms with Gasteiger partial charge in [0.15, 0.2) is 0 Å². The van der Waals surface area contributed by atoms with Gasteiger partial charge in [-0.05, 0) is 25.8 Å². The van der Waals surface area contributed by atoms with E-state index in [2.05, 4.69) is 25.2 Å². The van der Waals surface area contributed by atoms with Crippen LogP contribution < -0.4 is 10.2 Å². The summed E-state index contributed by atoms with van der Waals surface area (Å²) in [6.07, 6.45) is 5.35. The predicted molar refractivity (Wildman–Crippen MR) is 85.7 cm³/mol. The molecule has 0 aromatic carbocycles. The topological polar surface area (TPSA) is 71.0 Å². The van der Waals surface area contributed by atoms with Crippen LogP contribution in [-0.4, -0.2) is 33.9 Å². The molecule has 6 nitrogen and oxygen atoms in total. The Balaban J connectivity index is 1.56. The number of amides is 1. The average Bonchev–Trinajstić information content (AvgIpc) is 2.99. The lowest BCUT2D eigenvalue weighted by Gasteiger charge is -2.31. The monoisotopic (exact) mass is 317 g/mol. The van der Waals surface area contributed by atoms with E-state index in [4.69, 9.17) is 0 Å². The molecule has 116 valence electrons. The number of thiazole rings is 1. The van der Waals surface area contributed by atoms with Crippen LogP contribution in [0.4, 0.5) is 5.95 Å². The van der Waals surface area contributed by atoms with E-state index < -0.39 is 0 Å². The molecule has 1 amide bonds. The molecule has 0 bridgehead atoms. The van der Waals surface area contributed by atoms with Gasteiger partial charge in [-0.3, -0.25) is 4.79 Å². The molecule has 1 aliphatic heterocycles. The Bertz CT molecular complexity index is 630. The number of nitrogens with zero attached hydrogens (tertiary/aromatic N) is 4. The first-order chi connectivity index (χ1) is 10.7. The molecule has 1 fully saturated rings. The van der Waals surface area contributed by atoms with E-state index in [-0.39, 0.29) is 11.8 Å². The largest absolute Gasteiger partial charge is 0.350 e. The van der Waals surface area contributed by atoms with Crippen molar-refractivity contribution in [3.63, 3.8) is 0 Å². The summed E-state index contributed by atoms with van der Waals surface area (Å²) in [5.41, 5.74) is 0.926. The van der Waals surface area contributed by atoms with Crippen molar-refractivity contribution in [1.29, 1.82) is 0 Å². The minimum Gasteiger partial charge on any atom is -0.350 e. The van der Waals surface area contributed by atoms with Crippen molar-refractivity contribution in [2.24, 2.45) is 5.92 Å². The third kappa shape index (κ3) is 3.59. The summed E-state index contributed by atoms with van der Waals surface area (Å²) >= 11 is 1.60. The predicted octanol–water partition coefficient (Wildman–Crippen LogP) is 1.77. The molecule has 0 radical (unpaired) electrons. The van der Waals surface area contributed by atoms with E-state index in [9.17, 15) is 4.79 Å². The summed E-state index contributed by atoms with van der Waals surface area (Å²) in [4.78, 5) is 27.3. The maximum atomic E-state index is 12.4. The molecule has 22 heavy (non-hydrogen) atoms. The molecular formula is C15H19N5OS. The van der Waals surface area contributed by atoms with Gasteiger partial charge in [0.25, 0.3) is 0 Å². The van der Waals surface area contributed by atoms with Gasteiger partial charge in [-0.1, -0.05) is 0 Å². The van der Waals surface area contributed by atoms with Gasteiger partial charge < -0.3 is 10.2 Å². The minimum atomic E-state index is -0.0164. The summed E-state index contributed by atoms with van der Waals surface area (Å²) < 4.78 is 0. The Hall–Kier alpha value is -2.02. The van der Waals surface area contributed by atoms with Gasteiger partial charge in [-0.25, -0.2) is 15.0 Å². The van der Waals surface area contributed by atoms with E-state index in [1.165, 1.54) is 0 Å². The van der Waals surface area contributed by atoms with Crippen LogP contribution in [-0.2, 0) is 11.3 Å². The molecule has 1 atom stereocenters. The first-order valence-corrected chi connectivity index (χ1v) is 8.31. The van der Waals surface area contributed by atoms with Crippen LogP contribution in [0.2, 0.25) is 0 Å². The van der Waals surface area contributed by atoms with Crippen LogP contribution in [0.5, 0.6) is 0 Å². The second-order valence-electron chi connectivity index (χ2n) is 5.41. The summed E-state index contributed by atoms with van der Waals surface area (Å²) in [6.45, 7) is 4.04. The standard InChI is InChI=1S/C15H19N5OS/c1-11-19-13(10-22-11)8-18-14(21)12-4-2-7-20(9-12)15-16-5-3-6-17-15/h3,5-6,10,12H,2,4,7-9H2,1H3,(H,18,21). The van der Waals surface area contributed by atoms with Gasteiger partial charge in [-0.2, -0.15) is 0 Å². The number of anilines is 1. The number of piperidine rings is 1. The molecule has 0 aliphatic carbocycles. The van der Waals surface area contributed by atoms with Crippen LogP contribution in [0.15, 0.2) is 23.8 Å². The number of nitrogens with one attached hydrogen (secondary N) is 1. The number of hydrogen-bond donors (Lipinski definition) is 1. The Morgan fingerprint density at radius 2 is 2.27 bits per heavy atom. The van der Waals surface area contributed by atoms with Gasteiger partial charge >= 0.3 is 0 Å². The number of aryl methyl sites for hydroxylation is 1. The van der Waals surface area contributed by atoms with E-state index in [1.54, 1.807) is 29.8 Å². The molecule has 2 aromatic heterocycles. The number of rotatable bonds is 4. The molecule has 7 heteroatoms. The third-order valence-corrected chi connectivity index (χ3v) is 4.56. The maximum absolute atomic E-state index is 12.4. The van der Waals surface area contributed by atoms with E-state index in [1.807, 2.05) is 12.3 Å². The SMILES string of the molecule is Cc1nc(CNC(=O)C2CCCN(c3ncccn3)C2)cs1. The lowest BCUT2D eigenvalue weighted by atomic mass is 9.97. The zero-order valence-electron chi connectivity index (χ0n) is 12.5. The molecule has 1 unspecified atom stereocenters. The van der Waals surface area contributed by atoms with Crippen LogP contribution in [0.25, 0.3) is 0 Å². The molecule has 1 aliphatic rings. The first kappa shape index (κ1) is 14.9. The fraction of sp³-hybridized carbons (Fsp3) is 0.467. The fourth-order valence-corrected chi connectivity index (χ4v) is 3.25. The third-order valence-electron chi connectivity index (χ3n) is 3.74. The molecule has 0 saturated carbocycles.